The van der Waals surface area contributed by atoms with E-state index in [4.69, 9.17) is 4.74 Å². The molecule has 1 fully saturated rings. The van der Waals surface area contributed by atoms with E-state index >= 15 is 0 Å². The minimum Gasteiger partial charge on any atom is -0.379 e. The molecule has 1 aliphatic rings. The minimum absolute atomic E-state index is 0.0844. The second-order valence-corrected chi connectivity index (χ2v) is 7.22. The van der Waals surface area contributed by atoms with Gasteiger partial charge in [-0.3, -0.25) is 0 Å². The molecule has 4 rings (SSSR count). The lowest BCUT2D eigenvalue weighted by Crippen LogP contribution is -2.03. The SMILES string of the molecule is Fc1cc(-c2ccccc2NCc2csc(C3CCCO3)n2)cc(F)c1F. The van der Waals surface area contributed by atoms with Crippen LogP contribution in [0.15, 0.2) is 41.8 Å². The first-order valence-corrected chi connectivity index (χ1v) is 9.53. The van der Waals surface area contributed by atoms with Crippen molar-refractivity contribution in [2.24, 2.45) is 0 Å². The van der Waals surface area contributed by atoms with Crippen LogP contribution in [-0.4, -0.2) is 11.6 Å². The number of anilines is 1. The summed E-state index contributed by atoms with van der Waals surface area (Å²) in [6.07, 6.45) is 2.13. The number of nitrogens with zero attached hydrogens (tertiary/aromatic N) is 1. The zero-order chi connectivity index (χ0) is 18.8. The third-order valence-electron chi connectivity index (χ3n) is 4.46. The molecule has 1 aliphatic heterocycles. The van der Waals surface area contributed by atoms with Gasteiger partial charge in [0.15, 0.2) is 17.5 Å². The van der Waals surface area contributed by atoms with E-state index in [0.717, 1.165) is 42.3 Å². The molecule has 0 aliphatic carbocycles. The quantitative estimate of drug-likeness (QED) is 0.568. The number of thiazole rings is 1. The first-order valence-electron chi connectivity index (χ1n) is 8.65. The van der Waals surface area contributed by atoms with Gasteiger partial charge in [0, 0.05) is 23.2 Å². The molecule has 1 unspecified atom stereocenters. The number of rotatable bonds is 5. The molecule has 0 spiro atoms. The highest BCUT2D eigenvalue weighted by Crippen LogP contribution is 2.32. The van der Waals surface area contributed by atoms with E-state index < -0.39 is 17.5 Å². The van der Waals surface area contributed by atoms with Crippen LogP contribution in [0.2, 0.25) is 0 Å². The van der Waals surface area contributed by atoms with Crippen LogP contribution in [0.5, 0.6) is 0 Å². The molecule has 1 N–H and O–H groups in total. The lowest BCUT2D eigenvalue weighted by Gasteiger charge is -2.12. The van der Waals surface area contributed by atoms with E-state index in [0.29, 0.717) is 17.8 Å². The van der Waals surface area contributed by atoms with Gasteiger partial charge in [-0.1, -0.05) is 18.2 Å². The number of benzene rings is 2. The zero-order valence-corrected chi connectivity index (χ0v) is 15.2. The maximum Gasteiger partial charge on any atom is 0.194 e. The summed E-state index contributed by atoms with van der Waals surface area (Å²) in [6.45, 7) is 1.24. The molecular weight excluding hydrogens is 373 g/mol. The van der Waals surface area contributed by atoms with Crippen LogP contribution in [-0.2, 0) is 11.3 Å². The number of nitrogens with one attached hydrogen (secondary N) is 1. The Morgan fingerprint density at radius 3 is 2.67 bits per heavy atom. The summed E-state index contributed by atoms with van der Waals surface area (Å²) in [5.41, 5.74) is 2.42. The molecular formula is C20H17F3N2OS. The number of aromatic nitrogens is 1. The normalized spacial score (nSPS) is 16.6. The highest BCUT2D eigenvalue weighted by Gasteiger charge is 2.21. The molecule has 7 heteroatoms. The maximum atomic E-state index is 13.6. The summed E-state index contributed by atoms with van der Waals surface area (Å²) in [5, 5.41) is 6.20. The second-order valence-electron chi connectivity index (χ2n) is 6.33. The molecule has 3 aromatic rings. The monoisotopic (exact) mass is 390 g/mol. The van der Waals surface area contributed by atoms with Gasteiger partial charge in [0.05, 0.1) is 12.2 Å². The van der Waals surface area contributed by atoms with Gasteiger partial charge in [-0.2, -0.15) is 0 Å². The van der Waals surface area contributed by atoms with Crippen molar-refractivity contribution >= 4 is 17.0 Å². The van der Waals surface area contributed by atoms with Gasteiger partial charge in [0.2, 0.25) is 0 Å². The smallest absolute Gasteiger partial charge is 0.194 e. The molecule has 0 radical (unpaired) electrons. The molecule has 27 heavy (non-hydrogen) atoms. The van der Waals surface area contributed by atoms with E-state index in [-0.39, 0.29) is 11.7 Å². The summed E-state index contributed by atoms with van der Waals surface area (Å²) in [7, 11) is 0. The Balaban J connectivity index is 1.53. The Morgan fingerprint density at radius 1 is 1.15 bits per heavy atom. The second kappa shape index (κ2) is 7.70. The summed E-state index contributed by atoms with van der Waals surface area (Å²) in [5.74, 6) is -3.88. The molecule has 0 saturated carbocycles. The molecule has 1 atom stereocenters. The van der Waals surface area contributed by atoms with Gasteiger partial charge in [0.1, 0.15) is 11.1 Å². The van der Waals surface area contributed by atoms with E-state index in [2.05, 4.69) is 10.3 Å². The average Bonchev–Trinajstić information content (AvgIpc) is 3.35. The van der Waals surface area contributed by atoms with Crippen molar-refractivity contribution in [3.05, 3.63) is 69.9 Å². The van der Waals surface area contributed by atoms with Gasteiger partial charge >= 0.3 is 0 Å². The average molecular weight is 390 g/mol. The Hall–Kier alpha value is -2.38. The fourth-order valence-electron chi connectivity index (χ4n) is 3.11. The lowest BCUT2D eigenvalue weighted by atomic mass is 10.0. The third-order valence-corrected chi connectivity index (χ3v) is 5.44. The van der Waals surface area contributed by atoms with Crippen molar-refractivity contribution in [3.63, 3.8) is 0 Å². The van der Waals surface area contributed by atoms with E-state index in [9.17, 15) is 13.2 Å². The van der Waals surface area contributed by atoms with Crippen molar-refractivity contribution in [1.29, 1.82) is 0 Å². The predicted octanol–water partition coefficient (Wildman–Crippen LogP) is 5.69. The largest absolute Gasteiger partial charge is 0.379 e. The highest BCUT2D eigenvalue weighted by atomic mass is 32.1. The standard InChI is InChI=1S/C20H17F3N2OS/c21-15-8-12(9-16(22)19(15)23)14-4-1-2-5-17(14)24-10-13-11-27-20(25-13)18-6-3-7-26-18/h1-2,4-5,8-9,11,18,24H,3,6-7,10H2. The van der Waals surface area contributed by atoms with Crippen LogP contribution < -0.4 is 5.32 Å². The zero-order valence-electron chi connectivity index (χ0n) is 14.3. The first-order chi connectivity index (χ1) is 13.1. The van der Waals surface area contributed by atoms with Gasteiger partial charge in [-0.05, 0) is 36.6 Å². The van der Waals surface area contributed by atoms with Crippen molar-refractivity contribution in [3.8, 4) is 11.1 Å². The van der Waals surface area contributed by atoms with Crippen LogP contribution in [0.3, 0.4) is 0 Å². The fourth-order valence-corrected chi connectivity index (χ4v) is 4.01. The van der Waals surface area contributed by atoms with Gasteiger partial charge in [0.25, 0.3) is 0 Å². The van der Waals surface area contributed by atoms with Gasteiger partial charge < -0.3 is 10.1 Å². The summed E-state index contributed by atoms with van der Waals surface area (Å²) >= 11 is 1.57. The fraction of sp³-hybridized carbons (Fsp3) is 0.250. The van der Waals surface area contributed by atoms with E-state index in [1.54, 1.807) is 23.5 Å². The van der Waals surface area contributed by atoms with Crippen LogP contribution in [0.1, 0.15) is 29.6 Å². The number of hydrogen-bond acceptors (Lipinski definition) is 4. The molecule has 0 amide bonds. The molecule has 2 aromatic carbocycles. The highest BCUT2D eigenvalue weighted by molar-refractivity contribution is 7.09. The van der Waals surface area contributed by atoms with Crippen molar-refractivity contribution in [2.45, 2.75) is 25.5 Å². The Labute approximate surface area is 158 Å². The summed E-state index contributed by atoms with van der Waals surface area (Å²) in [6, 6.07) is 9.11. The summed E-state index contributed by atoms with van der Waals surface area (Å²) < 4.78 is 46.1. The first kappa shape index (κ1) is 18.0. The predicted molar refractivity (Wildman–Crippen MR) is 99.1 cm³/mol. The van der Waals surface area contributed by atoms with E-state index in [1.165, 1.54) is 0 Å². The molecule has 2 heterocycles. The lowest BCUT2D eigenvalue weighted by molar-refractivity contribution is 0.111. The topological polar surface area (TPSA) is 34.1 Å². The number of ether oxygens (including phenoxy) is 1. The number of para-hydroxylation sites is 1. The Bertz CT molecular complexity index is 931. The molecule has 140 valence electrons. The molecule has 1 aromatic heterocycles. The molecule has 3 nitrogen and oxygen atoms in total. The van der Waals surface area contributed by atoms with Crippen LogP contribution in [0.25, 0.3) is 11.1 Å². The van der Waals surface area contributed by atoms with E-state index in [1.807, 2.05) is 17.5 Å². The number of halogens is 3. The van der Waals surface area contributed by atoms with Crippen LogP contribution in [0.4, 0.5) is 18.9 Å². The van der Waals surface area contributed by atoms with Gasteiger partial charge in [-0.15, -0.1) is 11.3 Å². The minimum atomic E-state index is -1.46. The third kappa shape index (κ3) is 3.84. The van der Waals surface area contributed by atoms with Crippen molar-refractivity contribution in [1.82, 2.24) is 4.98 Å². The van der Waals surface area contributed by atoms with Crippen LogP contribution >= 0.6 is 11.3 Å². The molecule has 0 bridgehead atoms. The Kier molecular flexibility index (Phi) is 5.13. The van der Waals surface area contributed by atoms with Gasteiger partial charge in [-0.25, -0.2) is 18.2 Å². The van der Waals surface area contributed by atoms with Crippen LogP contribution in [0, 0.1) is 17.5 Å². The maximum absolute atomic E-state index is 13.6. The Morgan fingerprint density at radius 2 is 1.93 bits per heavy atom. The molecule has 1 saturated heterocycles. The summed E-state index contributed by atoms with van der Waals surface area (Å²) in [4.78, 5) is 4.61. The van der Waals surface area contributed by atoms with Crippen molar-refractivity contribution < 1.29 is 17.9 Å². The van der Waals surface area contributed by atoms with Crippen molar-refractivity contribution in [2.75, 3.05) is 11.9 Å². The number of hydrogen-bond donors (Lipinski definition) is 1.